The third-order valence-corrected chi connectivity index (χ3v) is 6.89. The number of hydrogen-bond acceptors (Lipinski definition) is 6. The molecule has 4 rings (SSSR count). The molecule has 12 heteroatoms. The molecule has 0 bridgehead atoms. The fourth-order valence-electron chi connectivity index (χ4n) is 4.58. The molecule has 42 heavy (non-hydrogen) atoms. The minimum absolute atomic E-state index is 0. The minimum Gasteiger partial charge on any atom is -0.374 e. The summed E-state index contributed by atoms with van der Waals surface area (Å²) in [5, 5.41) is 5.45. The van der Waals surface area contributed by atoms with Crippen molar-refractivity contribution in [1.29, 1.82) is 0 Å². The van der Waals surface area contributed by atoms with Gasteiger partial charge >= 0.3 is 0 Å². The molecule has 0 spiro atoms. The molecule has 2 atom stereocenters. The molecule has 0 saturated carbocycles. The summed E-state index contributed by atoms with van der Waals surface area (Å²) in [5.41, 5.74) is 7.57. The number of benzene rings is 2. The van der Waals surface area contributed by atoms with Gasteiger partial charge in [-0.1, -0.05) is 54.6 Å². The topological polar surface area (TPSA) is 132 Å². The predicted molar refractivity (Wildman–Crippen MR) is 167 cm³/mol. The maximum Gasteiger partial charge on any atom is 0.250 e. The van der Waals surface area contributed by atoms with Crippen molar-refractivity contribution in [3.8, 4) is 0 Å². The molecule has 2 heterocycles. The number of ether oxygens (including phenoxy) is 1. The highest BCUT2D eigenvalue weighted by molar-refractivity contribution is 5.98. The Balaban J connectivity index is 0.00000308. The van der Waals surface area contributed by atoms with E-state index in [4.69, 9.17) is 10.5 Å². The van der Waals surface area contributed by atoms with E-state index in [1.165, 1.54) is 0 Å². The maximum atomic E-state index is 13.6. The summed E-state index contributed by atoms with van der Waals surface area (Å²) in [6, 6.07) is 15.7. The SMILES string of the molecule is Cc1ccccc1C(C(=O)N1CCCC1)n1cnc(NC(=O)[C@@H](COCc2ccccc2)NC(=O)C(C)(C)N)c1.Cl.Cl. The number of aromatic nitrogens is 2. The number of anilines is 1. The number of rotatable bonds is 11. The molecule has 1 fully saturated rings. The first kappa shape index (κ1) is 34.8. The van der Waals surface area contributed by atoms with Crippen LogP contribution in [0.1, 0.15) is 49.4 Å². The monoisotopic (exact) mass is 618 g/mol. The lowest BCUT2D eigenvalue weighted by Gasteiger charge is -2.25. The average molecular weight is 620 g/mol. The molecule has 4 N–H and O–H groups in total. The van der Waals surface area contributed by atoms with Gasteiger partial charge in [0.25, 0.3) is 5.91 Å². The van der Waals surface area contributed by atoms with Gasteiger partial charge in [-0.2, -0.15) is 0 Å². The van der Waals surface area contributed by atoms with E-state index in [1.54, 1.807) is 30.9 Å². The second-order valence-corrected chi connectivity index (χ2v) is 10.7. The lowest BCUT2D eigenvalue weighted by Crippen LogP contribution is -2.56. The molecule has 3 aromatic rings. The van der Waals surface area contributed by atoms with Crippen molar-refractivity contribution in [2.75, 3.05) is 25.0 Å². The number of halogens is 2. The molecule has 1 aliphatic heterocycles. The Morgan fingerprint density at radius 1 is 1.02 bits per heavy atom. The van der Waals surface area contributed by atoms with E-state index < -0.39 is 29.4 Å². The zero-order chi connectivity index (χ0) is 28.7. The van der Waals surface area contributed by atoms with Gasteiger partial charge in [-0.25, -0.2) is 4.98 Å². The van der Waals surface area contributed by atoms with Crippen LogP contribution in [0.4, 0.5) is 5.82 Å². The molecule has 1 unspecified atom stereocenters. The van der Waals surface area contributed by atoms with Crippen LogP contribution in [0.5, 0.6) is 0 Å². The zero-order valence-corrected chi connectivity index (χ0v) is 25.7. The number of carbonyl (C=O) groups excluding carboxylic acids is 3. The van der Waals surface area contributed by atoms with E-state index >= 15 is 0 Å². The number of likely N-dealkylation sites (tertiary alicyclic amines) is 1. The van der Waals surface area contributed by atoms with Gasteiger partial charge in [-0.3, -0.25) is 14.4 Å². The molecule has 0 aliphatic carbocycles. The molecular formula is C30H40Cl2N6O4. The minimum atomic E-state index is -1.18. The van der Waals surface area contributed by atoms with E-state index in [0.29, 0.717) is 0 Å². The van der Waals surface area contributed by atoms with Gasteiger partial charge in [-0.05, 0) is 50.3 Å². The van der Waals surface area contributed by atoms with Crippen molar-refractivity contribution in [3.63, 3.8) is 0 Å². The van der Waals surface area contributed by atoms with Crippen molar-refractivity contribution < 1.29 is 19.1 Å². The van der Waals surface area contributed by atoms with Crippen LogP contribution in [-0.2, 0) is 25.7 Å². The Kier molecular flexibility index (Phi) is 13.0. The molecule has 1 aliphatic rings. The lowest BCUT2D eigenvalue weighted by atomic mass is 10.00. The predicted octanol–water partition coefficient (Wildman–Crippen LogP) is 3.62. The van der Waals surface area contributed by atoms with Crippen LogP contribution in [0.2, 0.25) is 0 Å². The molecule has 3 amide bonds. The number of hydrogen-bond donors (Lipinski definition) is 3. The smallest absolute Gasteiger partial charge is 0.250 e. The van der Waals surface area contributed by atoms with Crippen molar-refractivity contribution in [3.05, 3.63) is 83.8 Å². The second kappa shape index (κ2) is 15.7. The number of carbonyl (C=O) groups is 3. The van der Waals surface area contributed by atoms with Crippen LogP contribution in [0.15, 0.2) is 67.1 Å². The van der Waals surface area contributed by atoms with Gasteiger partial charge in [-0.15, -0.1) is 24.8 Å². The van der Waals surface area contributed by atoms with E-state index in [-0.39, 0.29) is 49.8 Å². The van der Waals surface area contributed by atoms with E-state index in [9.17, 15) is 14.4 Å². The van der Waals surface area contributed by atoms with E-state index in [1.807, 2.05) is 66.4 Å². The summed E-state index contributed by atoms with van der Waals surface area (Å²) in [6.45, 7) is 6.75. The first-order chi connectivity index (χ1) is 19.1. The van der Waals surface area contributed by atoms with Crippen molar-refractivity contribution in [2.24, 2.45) is 5.73 Å². The summed E-state index contributed by atoms with van der Waals surface area (Å²) in [6.07, 6.45) is 5.15. The number of nitrogens with one attached hydrogen (secondary N) is 2. The third-order valence-electron chi connectivity index (χ3n) is 6.89. The average Bonchev–Trinajstić information content (AvgIpc) is 3.62. The second-order valence-electron chi connectivity index (χ2n) is 10.7. The summed E-state index contributed by atoms with van der Waals surface area (Å²) >= 11 is 0. The van der Waals surface area contributed by atoms with Crippen LogP contribution >= 0.6 is 24.8 Å². The summed E-state index contributed by atoms with van der Waals surface area (Å²) in [5.74, 6) is -0.745. The summed E-state index contributed by atoms with van der Waals surface area (Å²) in [7, 11) is 0. The quantitative estimate of drug-likeness (QED) is 0.301. The molecule has 1 saturated heterocycles. The first-order valence-corrected chi connectivity index (χ1v) is 13.5. The standard InChI is InChI=1S/C30H38N6O4.2ClH/c1-21-11-7-8-14-23(21)26(28(38)35-15-9-10-16-35)36-17-25(32-20-36)34-27(37)24(33-29(39)30(2,3)31)19-40-18-22-12-5-4-6-13-22;;/h4-8,11-14,17,20,24,26H,9-10,15-16,18-19,31H2,1-3H3,(H,33,39)(H,34,37);2*1H/t24-,26?;;/m1../s1. The third kappa shape index (κ3) is 9.03. The van der Waals surface area contributed by atoms with Crippen LogP contribution in [0, 0.1) is 6.92 Å². The normalized spacial score (nSPS) is 14.2. The zero-order valence-electron chi connectivity index (χ0n) is 24.1. The van der Waals surface area contributed by atoms with Gasteiger partial charge in [0.05, 0.1) is 25.1 Å². The highest BCUT2D eigenvalue weighted by Gasteiger charge is 2.31. The van der Waals surface area contributed by atoms with Gasteiger partial charge < -0.3 is 30.6 Å². The van der Waals surface area contributed by atoms with Gasteiger partial charge in [0.15, 0.2) is 5.82 Å². The molecule has 10 nitrogen and oxygen atoms in total. The van der Waals surface area contributed by atoms with E-state index in [2.05, 4.69) is 15.6 Å². The molecule has 228 valence electrons. The van der Waals surface area contributed by atoms with Crippen LogP contribution in [0.25, 0.3) is 0 Å². The fourth-order valence-corrected chi connectivity index (χ4v) is 4.58. The van der Waals surface area contributed by atoms with Crippen molar-refractivity contribution in [2.45, 2.75) is 57.8 Å². The number of nitrogens with zero attached hydrogens (tertiary/aromatic N) is 3. The summed E-state index contributed by atoms with van der Waals surface area (Å²) < 4.78 is 7.49. The highest BCUT2D eigenvalue weighted by Crippen LogP contribution is 2.27. The van der Waals surface area contributed by atoms with Gasteiger partial charge in [0.1, 0.15) is 12.1 Å². The highest BCUT2D eigenvalue weighted by atomic mass is 35.5. The largest absolute Gasteiger partial charge is 0.374 e. The number of aryl methyl sites for hydroxylation is 1. The van der Waals surface area contributed by atoms with Crippen molar-refractivity contribution >= 4 is 48.4 Å². The van der Waals surface area contributed by atoms with Crippen molar-refractivity contribution in [1.82, 2.24) is 19.8 Å². The fraction of sp³-hybridized carbons (Fsp3) is 0.400. The van der Waals surface area contributed by atoms with Gasteiger partial charge in [0, 0.05) is 19.3 Å². The molecular weight excluding hydrogens is 579 g/mol. The Morgan fingerprint density at radius 3 is 2.31 bits per heavy atom. The Morgan fingerprint density at radius 2 is 1.67 bits per heavy atom. The van der Waals surface area contributed by atoms with Crippen LogP contribution < -0.4 is 16.4 Å². The van der Waals surface area contributed by atoms with Crippen LogP contribution in [-0.4, -0.2) is 63.4 Å². The molecule has 0 radical (unpaired) electrons. The lowest BCUT2D eigenvalue weighted by molar-refractivity contribution is -0.132. The maximum absolute atomic E-state index is 13.6. The Hall–Kier alpha value is -3.44. The van der Waals surface area contributed by atoms with Crippen LogP contribution in [0.3, 0.4) is 0 Å². The molecule has 1 aromatic heterocycles. The Bertz CT molecular complexity index is 1320. The summed E-state index contributed by atoms with van der Waals surface area (Å²) in [4.78, 5) is 45.7. The Labute approximate surface area is 259 Å². The van der Waals surface area contributed by atoms with E-state index in [0.717, 1.165) is 42.6 Å². The van der Waals surface area contributed by atoms with Gasteiger partial charge in [0.2, 0.25) is 11.8 Å². The first-order valence-electron chi connectivity index (χ1n) is 13.5. The molecule has 2 aromatic carbocycles. The number of nitrogens with two attached hydrogens (primary N) is 1. The number of amides is 3. The number of imidazole rings is 1.